The number of rotatable bonds is 11. The zero-order valence-electron chi connectivity index (χ0n) is 22.7. The highest BCUT2D eigenvalue weighted by Gasteiger charge is 2.31. The van der Waals surface area contributed by atoms with Crippen molar-refractivity contribution in [1.82, 2.24) is 10.2 Å². The molecule has 1 saturated carbocycles. The first-order valence-corrected chi connectivity index (χ1v) is 15.0. The molecule has 1 fully saturated rings. The molecule has 0 saturated heterocycles. The van der Waals surface area contributed by atoms with Crippen molar-refractivity contribution in [1.29, 1.82) is 0 Å². The highest BCUT2D eigenvalue weighted by Crippen LogP contribution is 2.21. The number of thioether (sulfide) groups is 1. The van der Waals surface area contributed by atoms with E-state index in [1.54, 1.807) is 11.8 Å². The summed E-state index contributed by atoms with van der Waals surface area (Å²) < 4.78 is 0. The zero-order valence-corrected chi connectivity index (χ0v) is 23.5. The molecular formula is C33H40N2O2S. The van der Waals surface area contributed by atoms with Gasteiger partial charge >= 0.3 is 0 Å². The Morgan fingerprint density at radius 1 is 0.842 bits per heavy atom. The first-order chi connectivity index (χ1) is 18.5. The van der Waals surface area contributed by atoms with E-state index in [1.165, 1.54) is 23.1 Å². The van der Waals surface area contributed by atoms with Gasteiger partial charge in [-0.3, -0.25) is 9.59 Å². The van der Waals surface area contributed by atoms with Crippen molar-refractivity contribution in [3.8, 4) is 0 Å². The highest BCUT2D eigenvalue weighted by molar-refractivity contribution is 7.99. The van der Waals surface area contributed by atoms with Crippen LogP contribution in [0.25, 0.3) is 0 Å². The summed E-state index contributed by atoms with van der Waals surface area (Å²) in [6.45, 7) is 4.56. The molecule has 1 atom stereocenters. The van der Waals surface area contributed by atoms with Gasteiger partial charge < -0.3 is 10.2 Å². The van der Waals surface area contributed by atoms with Crippen molar-refractivity contribution in [3.05, 3.63) is 107 Å². The van der Waals surface area contributed by atoms with E-state index in [-0.39, 0.29) is 17.9 Å². The van der Waals surface area contributed by atoms with Crippen LogP contribution in [0.4, 0.5) is 0 Å². The van der Waals surface area contributed by atoms with Crippen molar-refractivity contribution in [2.24, 2.45) is 0 Å². The molecule has 4 rings (SSSR count). The molecule has 0 aromatic heterocycles. The molecule has 5 heteroatoms. The molecule has 1 aliphatic rings. The number of benzene rings is 3. The summed E-state index contributed by atoms with van der Waals surface area (Å²) in [4.78, 5) is 29.5. The van der Waals surface area contributed by atoms with Gasteiger partial charge in [0.1, 0.15) is 6.04 Å². The molecule has 2 amide bonds. The number of nitrogens with one attached hydrogen (secondary N) is 1. The second-order valence-electron chi connectivity index (χ2n) is 10.5. The van der Waals surface area contributed by atoms with Crippen LogP contribution in [0.3, 0.4) is 0 Å². The van der Waals surface area contributed by atoms with Crippen molar-refractivity contribution >= 4 is 23.6 Å². The Kier molecular flexibility index (Phi) is 10.5. The molecule has 0 aliphatic heterocycles. The van der Waals surface area contributed by atoms with Crippen LogP contribution >= 0.6 is 11.8 Å². The highest BCUT2D eigenvalue weighted by atomic mass is 32.2. The van der Waals surface area contributed by atoms with E-state index in [2.05, 4.69) is 67.7 Å². The summed E-state index contributed by atoms with van der Waals surface area (Å²) in [6.07, 6.45) is 6.06. The fraction of sp³-hybridized carbons (Fsp3) is 0.394. The summed E-state index contributed by atoms with van der Waals surface area (Å²) in [7, 11) is 0. The van der Waals surface area contributed by atoms with Gasteiger partial charge in [-0.1, -0.05) is 109 Å². The number of carbonyl (C=O) groups excluding carboxylic acids is 2. The minimum Gasteiger partial charge on any atom is -0.352 e. The molecule has 200 valence electrons. The smallest absolute Gasteiger partial charge is 0.243 e. The molecular weight excluding hydrogens is 488 g/mol. The van der Waals surface area contributed by atoms with Gasteiger partial charge in [0, 0.05) is 24.8 Å². The van der Waals surface area contributed by atoms with Crippen LogP contribution in [0.2, 0.25) is 0 Å². The summed E-state index contributed by atoms with van der Waals surface area (Å²) in [6, 6.07) is 26.4. The molecule has 3 aromatic carbocycles. The maximum absolute atomic E-state index is 13.8. The quantitative estimate of drug-likeness (QED) is 0.304. The minimum absolute atomic E-state index is 0.00273. The van der Waals surface area contributed by atoms with Crippen LogP contribution in [0.1, 0.15) is 59.9 Å². The van der Waals surface area contributed by atoms with Gasteiger partial charge in [-0.05, 0) is 43.4 Å². The maximum Gasteiger partial charge on any atom is 0.243 e. The Labute approximate surface area is 232 Å². The standard InChI is InChI=1S/C33H40N2O2S/c1-25-16-18-28(19-17-25)22-35(32(36)24-38-23-29-13-9-10-26(2)20-29)31(21-27-11-5-3-6-12-27)33(37)34-30-14-7-4-8-15-30/h3,5-6,9-13,16-20,30-31H,4,7-8,14-15,21-24H2,1-2H3,(H,34,37). The molecule has 1 unspecified atom stereocenters. The lowest BCUT2D eigenvalue weighted by Gasteiger charge is -2.33. The van der Waals surface area contributed by atoms with Crippen LogP contribution in [0, 0.1) is 13.8 Å². The Morgan fingerprint density at radius 3 is 2.26 bits per heavy atom. The first-order valence-electron chi connectivity index (χ1n) is 13.8. The average Bonchev–Trinajstić information content (AvgIpc) is 2.93. The van der Waals surface area contributed by atoms with Crippen LogP contribution < -0.4 is 5.32 Å². The number of hydrogen-bond acceptors (Lipinski definition) is 3. The third kappa shape index (κ3) is 8.49. The fourth-order valence-electron chi connectivity index (χ4n) is 5.13. The van der Waals surface area contributed by atoms with E-state index in [9.17, 15) is 9.59 Å². The van der Waals surface area contributed by atoms with E-state index in [1.807, 2.05) is 35.2 Å². The van der Waals surface area contributed by atoms with Crippen molar-refractivity contribution in [2.45, 2.75) is 76.8 Å². The Balaban J connectivity index is 1.56. The fourth-order valence-corrected chi connectivity index (χ4v) is 5.99. The second-order valence-corrected chi connectivity index (χ2v) is 11.5. The summed E-state index contributed by atoms with van der Waals surface area (Å²) >= 11 is 1.61. The van der Waals surface area contributed by atoms with E-state index in [0.29, 0.717) is 18.7 Å². The number of amides is 2. The van der Waals surface area contributed by atoms with Gasteiger partial charge in [-0.2, -0.15) is 0 Å². The summed E-state index contributed by atoms with van der Waals surface area (Å²) in [5.41, 5.74) is 5.71. The molecule has 38 heavy (non-hydrogen) atoms. The monoisotopic (exact) mass is 528 g/mol. The number of hydrogen-bond donors (Lipinski definition) is 1. The van der Waals surface area contributed by atoms with E-state index in [4.69, 9.17) is 0 Å². The van der Waals surface area contributed by atoms with Crippen LogP contribution in [0.15, 0.2) is 78.9 Å². The van der Waals surface area contributed by atoms with Gasteiger partial charge in [-0.15, -0.1) is 11.8 Å². The molecule has 0 spiro atoms. The lowest BCUT2D eigenvalue weighted by atomic mass is 9.94. The predicted octanol–water partition coefficient (Wildman–Crippen LogP) is 6.63. The molecule has 4 nitrogen and oxygen atoms in total. The molecule has 1 aliphatic carbocycles. The Hall–Kier alpha value is -3.05. The predicted molar refractivity (Wildman–Crippen MR) is 158 cm³/mol. The van der Waals surface area contributed by atoms with E-state index in [0.717, 1.165) is 42.6 Å². The number of carbonyl (C=O) groups is 2. The SMILES string of the molecule is Cc1ccc(CN(C(=O)CSCc2cccc(C)c2)C(Cc2ccccc2)C(=O)NC2CCCCC2)cc1. The summed E-state index contributed by atoms with van der Waals surface area (Å²) in [5, 5.41) is 3.32. The van der Waals surface area contributed by atoms with Gasteiger partial charge in [0.05, 0.1) is 5.75 Å². The topological polar surface area (TPSA) is 49.4 Å². The van der Waals surface area contributed by atoms with Gasteiger partial charge in [0.25, 0.3) is 0 Å². The van der Waals surface area contributed by atoms with Crippen molar-refractivity contribution < 1.29 is 9.59 Å². The molecule has 3 aromatic rings. The third-order valence-electron chi connectivity index (χ3n) is 7.27. The minimum atomic E-state index is -0.562. The first kappa shape index (κ1) is 28.0. The van der Waals surface area contributed by atoms with Crippen LogP contribution in [-0.4, -0.2) is 34.6 Å². The molecule has 1 N–H and O–H groups in total. The lowest BCUT2D eigenvalue weighted by molar-refractivity contribution is -0.139. The van der Waals surface area contributed by atoms with Gasteiger partial charge in [-0.25, -0.2) is 0 Å². The van der Waals surface area contributed by atoms with Gasteiger partial charge in [0.15, 0.2) is 0 Å². The van der Waals surface area contributed by atoms with Crippen LogP contribution in [0.5, 0.6) is 0 Å². The third-order valence-corrected chi connectivity index (χ3v) is 8.26. The lowest BCUT2D eigenvalue weighted by Crippen LogP contribution is -2.53. The van der Waals surface area contributed by atoms with E-state index < -0.39 is 6.04 Å². The number of aryl methyl sites for hydroxylation is 2. The molecule has 0 heterocycles. The molecule has 0 radical (unpaired) electrons. The zero-order chi connectivity index (χ0) is 26.7. The Morgan fingerprint density at radius 2 is 1.55 bits per heavy atom. The van der Waals surface area contributed by atoms with E-state index >= 15 is 0 Å². The second kappa shape index (κ2) is 14.2. The molecule has 0 bridgehead atoms. The largest absolute Gasteiger partial charge is 0.352 e. The summed E-state index contributed by atoms with van der Waals surface area (Å²) in [5.74, 6) is 1.07. The maximum atomic E-state index is 13.8. The normalized spacial score (nSPS) is 14.6. The van der Waals surface area contributed by atoms with Crippen molar-refractivity contribution in [3.63, 3.8) is 0 Å². The Bertz CT molecular complexity index is 1170. The van der Waals surface area contributed by atoms with Gasteiger partial charge in [0.2, 0.25) is 11.8 Å². The van der Waals surface area contributed by atoms with Crippen LogP contribution in [-0.2, 0) is 28.3 Å². The van der Waals surface area contributed by atoms with Crippen molar-refractivity contribution in [2.75, 3.05) is 5.75 Å². The number of nitrogens with zero attached hydrogens (tertiary/aromatic N) is 1. The average molecular weight is 529 g/mol.